The fourth-order valence-electron chi connectivity index (χ4n) is 2.00. The van der Waals surface area contributed by atoms with Gasteiger partial charge in [-0.05, 0) is 49.9 Å². The lowest BCUT2D eigenvalue weighted by atomic mass is 9.88. The van der Waals surface area contributed by atoms with Gasteiger partial charge in [-0.2, -0.15) is 0 Å². The average molecular weight is 237 g/mol. The highest BCUT2D eigenvalue weighted by Gasteiger charge is 2.17. The summed E-state index contributed by atoms with van der Waals surface area (Å²) in [6.45, 7) is 10.4. The fraction of sp³-hybridized carbons (Fsp3) is 0.600. The highest BCUT2D eigenvalue weighted by atomic mass is 19.1. The lowest BCUT2D eigenvalue weighted by molar-refractivity contribution is 0.435. The van der Waals surface area contributed by atoms with Crippen LogP contribution in [0.15, 0.2) is 18.2 Å². The molecule has 0 saturated carbocycles. The third-order valence-electron chi connectivity index (χ3n) is 3.39. The molecule has 17 heavy (non-hydrogen) atoms. The Balaban J connectivity index is 2.67. The predicted octanol–water partition coefficient (Wildman–Crippen LogP) is 3.87. The van der Waals surface area contributed by atoms with Crippen LogP contribution in [0.3, 0.4) is 0 Å². The van der Waals surface area contributed by atoms with E-state index in [4.69, 9.17) is 0 Å². The maximum atomic E-state index is 13.7. The van der Waals surface area contributed by atoms with Crippen molar-refractivity contribution in [1.82, 2.24) is 5.32 Å². The van der Waals surface area contributed by atoms with E-state index in [1.165, 1.54) is 0 Å². The Morgan fingerprint density at radius 1 is 1.29 bits per heavy atom. The van der Waals surface area contributed by atoms with Crippen LogP contribution in [0.1, 0.15) is 44.2 Å². The molecule has 96 valence electrons. The topological polar surface area (TPSA) is 12.0 Å². The third-order valence-corrected chi connectivity index (χ3v) is 3.39. The van der Waals surface area contributed by atoms with Crippen LogP contribution in [0, 0.1) is 18.7 Å². The Kier molecular flexibility index (Phi) is 5.63. The lowest BCUT2D eigenvalue weighted by Gasteiger charge is -2.21. The summed E-state index contributed by atoms with van der Waals surface area (Å²) in [5, 5.41) is 3.40. The van der Waals surface area contributed by atoms with Crippen molar-refractivity contribution in [2.75, 3.05) is 13.1 Å². The van der Waals surface area contributed by atoms with E-state index < -0.39 is 0 Å². The minimum Gasteiger partial charge on any atom is -0.316 e. The smallest absolute Gasteiger partial charge is 0.126 e. The van der Waals surface area contributed by atoms with Crippen LogP contribution in [0.25, 0.3) is 0 Å². The molecule has 0 aliphatic carbocycles. The Labute approximate surface area is 104 Å². The molecule has 1 aromatic rings. The minimum atomic E-state index is -0.0783. The van der Waals surface area contributed by atoms with Crippen molar-refractivity contribution in [2.24, 2.45) is 5.92 Å². The molecule has 2 heteroatoms. The van der Waals surface area contributed by atoms with Crippen molar-refractivity contribution in [3.05, 3.63) is 35.1 Å². The normalized spacial score (nSPS) is 14.6. The van der Waals surface area contributed by atoms with Crippen LogP contribution in [0.4, 0.5) is 4.39 Å². The third kappa shape index (κ3) is 4.12. The molecule has 0 fully saturated rings. The molecule has 0 aliphatic rings. The van der Waals surface area contributed by atoms with Crippen LogP contribution in [0.2, 0.25) is 0 Å². The van der Waals surface area contributed by atoms with Crippen molar-refractivity contribution in [1.29, 1.82) is 0 Å². The summed E-state index contributed by atoms with van der Waals surface area (Å²) < 4.78 is 13.7. The lowest BCUT2D eigenvalue weighted by Crippen LogP contribution is -2.25. The molecule has 1 rings (SSSR count). The number of nitrogens with one attached hydrogen (secondary N) is 1. The molecule has 0 aromatic heterocycles. The van der Waals surface area contributed by atoms with Gasteiger partial charge in [-0.3, -0.25) is 0 Å². The number of hydrogen-bond donors (Lipinski definition) is 1. The van der Waals surface area contributed by atoms with Gasteiger partial charge in [-0.1, -0.05) is 38.5 Å². The van der Waals surface area contributed by atoms with Gasteiger partial charge in [-0.15, -0.1) is 0 Å². The molecule has 0 bridgehead atoms. The van der Waals surface area contributed by atoms with Gasteiger partial charge in [0, 0.05) is 0 Å². The molecular weight excluding hydrogens is 213 g/mol. The van der Waals surface area contributed by atoms with Crippen LogP contribution >= 0.6 is 0 Å². The molecule has 0 heterocycles. The number of hydrogen-bond acceptors (Lipinski definition) is 1. The summed E-state index contributed by atoms with van der Waals surface area (Å²) in [7, 11) is 0. The van der Waals surface area contributed by atoms with Gasteiger partial charge in [0.1, 0.15) is 5.82 Å². The van der Waals surface area contributed by atoms with Crippen LogP contribution in [-0.4, -0.2) is 13.1 Å². The molecule has 0 radical (unpaired) electrons. The number of benzene rings is 1. The standard InChI is InChI=1S/C15H24FN/c1-5-8-17-10-12(3)13(4)14-9-11(2)6-7-15(14)16/h6-7,9,12-13,17H,5,8,10H2,1-4H3. The molecule has 0 aliphatic heterocycles. The Morgan fingerprint density at radius 3 is 2.65 bits per heavy atom. The highest BCUT2D eigenvalue weighted by molar-refractivity contribution is 5.27. The molecule has 0 amide bonds. The summed E-state index contributed by atoms with van der Waals surface area (Å²) in [5.41, 5.74) is 1.97. The van der Waals surface area contributed by atoms with Gasteiger partial charge in [0.2, 0.25) is 0 Å². The summed E-state index contributed by atoms with van der Waals surface area (Å²) in [6, 6.07) is 5.37. The Bertz CT molecular complexity index is 349. The number of rotatable bonds is 6. The fourth-order valence-corrected chi connectivity index (χ4v) is 2.00. The first-order valence-corrected chi connectivity index (χ1v) is 6.53. The second-order valence-corrected chi connectivity index (χ2v) is 5.00. The largest absolute Gasteiger partial charge is 0.316 e. The Morgan fingerprint density at radius 2 is 2.00 bits per heavy atom. The van der Waals surface area contributed by atoms with Gasteiger partial charge < -0.3 is 5.32 Å². The van der Waals surface area contributed by atoms with E-state index in [1.54, 1.807) is 6.07 Å². The van der Waals surface area contributed by atoms with E-state index in [0.29, 0.717) is 5.92 Å². The quantitative estimate of drug-likeness (QED) is 0.740. The summed E-state index contributed by atoms with van der Waals surface area (Å²) in [6.07, 6.45) is 1.14. The zero-order chi connectivity index (χ0) is 12.8. The maximum Gasteiger partial charge on any atom is 0.126 e. The second-order valence-electron chi connectivity index (χ2n) is 5.00. The molecule has 0 spiro atoms. The van der Waals surface area contributed by atoms with Gasteiger partial charge in [0.25, 0.3) is 0 Å². The van der Waals surface area contributed by atoms with E-state index >= 15 is 0 Å². The van der Waals surface area contributed by atoms with E-state index in [1.807, 2.05) is 19.1 Å². The van der Waals surface area contributed by atoms with E-state index in [2.05, 4.69) is 26.1 Å². The number of halogens is 1. The van der Waals surface area contributed by atoms with Crippen LogP contribution in [0.5, 0.6) is 0 Å². The van der Waals surface area contributed by atoms with E-state index in [0.717, 1.165) is 30.6 Å². The maximum absolute atomic E-state index is 13.7. The first-order chi connectivity index (χ1) is 8.06. The zero-order valence-corrected chi connectivity index (χ0v) is 11.4. The van der Waals surface area contributed by atoms with E-state index in [-0.39, 0.29) is 11.7 Å². The van der Waals surface area contributed by atoms with Crippen molar-refractivity contribution >= 4 is 0 Å². The van der Waals surface area contributed by atoms with Crippen molar-refractivity contribution < 1.29 is 4.39 Å². The molecule has 2 atom stereocenters. The van der Waals surface area contributed by atoms with Crippen molar-refractivity contribution in [3.63, 3.8) is 0 Å². The first kappa shape index (κ1) is 14.2. The summed E-state index contributed by atoms with van der Waals surface area (Å²) in [5.74, 6) is 0.613. The molecular formula is C15H24FN. The summed E-state index contributed by atoms with van der Waals surface area (Å²) in [4.78, 5) is 0. The van der Waals surface area contributed by atoms with Crippen LogP contribution < -0.4 is 5.32 Å². The van der Waals surface area contributed by atoms with Crippen molar-refractivity contribution in [3.8, 4) is 0 Å². The first-order valence-electron chi connectivity index (χ1n) is 6.53. The molecule has 1 nitrogen and oxygen atoms in total. The highest BCUT2D eigenvalue weighted by Crippen LogP contribution is 2.26. The van der Waals surface area contributed by atoms with E-state index in [9.17, 15) is 4.39 Å². The molecule has 1 aromatic carbocycles. The van der Waals surface area contributed by atoms with Gasteiger partial charge in [0.15, 0.2) is 0 Å². The predicted molar refractivity (Wildman–Crippen MR) is 71.9 cm³/mol. The second kappa shape index (κ2) is 6.75. The SMILES string of the molecule is CCCNCC(C)C(C)c1cc(C)ccc1F. The van der Waals surface area contributed by atoms with Crippen LogP contribution in [-0.2, 0) is 0 Å². The van der Waals surface area contributed by atoms with Crippen molar-refractivity contribution in [2.45, 2.75) is 40.0 Å². The number of aryl methyl sites for hydroxylation is 1. The summed E-state index contributed by atoms with van der Waals surface area (Å²) >= 11 is 0. The molecule has 1 N–H and O–H groups in total. The van der Waals surface area contributed by atoms with Gasteiger partial charge >= 0.3 is 0 Å². The monoisotopic (exact) mass is 237 g/mol. The minimum absolute atomic E-state index is 0.0783. The zero-order valence-electron chi connectivity index (χ0n) is 11.4. The molecule has 0 saturated heterocycles. The Hall–Kier alpha value is -0.890. The van der Waals surface area contributed by atoms with Gasteiger partial charge in [0.05, 0.1) is 0 Å². The average Bonchev–Trinajstić information content (AvgIpc) is 2.31. The molecule has 2 unspecified atom stereocenters. The van der Waals surface area contributed by atoms with Gasteiger partial charge in [-0.25, -0.2) is 4.39 Å².